The zero-order valence-corrected chi connectivity index (χ0v) is 10.9. The quantitative estimate of drug-likeness (QED) is 0.453. The van der Waals surface area contributed by atoms with Crippen LogP contribution in [0.5, 0.6) is 0 Å². The first-order valence-electron chi connectivity index (χ1n) is 5.63. The second kappa shape index (κ2) is 8.95. The monoisotopic (exact) mass is 246 g/mol. The summed E-state index contributed by atoms with van der Waals surface area (Å²) in [5.74, 6) is -0.527. The fourth-order valence-corrected chi connectivity index (χ4v) is 1.28. The smallest absolute Gasteiger partial charge is 0.322 e. The minimum absolute atomic E-state index is 0.142. The van der Waals surface area contributed by atoms with Crippen LogP contribution in [0.4, 0.5) is 0 Å². The third-order valence-electron chi connectivity index (χ3n) is 2.27. The van der Waals surface area contributed by atoms with Crippen molar-refractivity contribution in [1.82, 2.24) is 10.6 Å². The molecule has 0 aromatic heterocycles. The van der Waals surface area contributed by atoms with Gasteiger partial charge in [0.25, 0.3) is 0 Å². The van der Waals surface area contributed by atoms with Gasteiger partial charge in [0.15, 0.2) is 0 Å². The third kappa shape index (κ3) is 6.91. The molecule has 2 N–H and O–H groups in total. The first kappa shape index (κ1) is 15.9. The van der Waals surface area contributed by atoms with E-state index in [9.17, 15) is 9.59 Å². The lowest BCUT2D eigenvalue weighted by atomic mass is 10.2. The van der Waals surface area contributed by atoms with E-state index in [1.165, 1.54) is 7.11 Å². The lowest BCUT2D eigenvalue weighted by Crippen LogP contribution is -2.48. The van der Waals surface area contributed by atoms with Crippen LogP contribution in [0.2, 0.25) is 0 Å². The Hall–Kier alpha value is -1.14. The Balaban J connectivity index is 3.84. The molecule has 100 valence electrons. The van der Waals surface area contributed by atoms with E-state index < -0.39 is 12.1 Å². The summed E-state index contributed by atoms with van der Waals surface area (Å²) in [7, 11) is 2.93. The maximum absolute atomic E-state index is 11.6. The molecule has 2 unspecified atom stereocenters. The van der Waals surface area contributed by atoms with Gasteiger partial charge in [-0.2, -0.15) is 0 Å². The van der Waals surface area contributed by atoms with Crippen molar-refractivity contribution in [2.45, 2.75) is 32.4 Å². The predicted molar refractivity (Wildman–Crippen MR) is 63.6 cm³/mol. The van der Waals surface area contributed by atoms with Gasteiger partial charge in [-0.25, -0.2) is 0 Å². The average Bonchev–Trinajstić information content (AvgIpc) is 2.32. The number of carbonyl (C=O) groups excluding carboxylic acids is 2. The van der Waals surface area contributed by atoms with Gasteiger partial charge in [0, 0.05) is 20.3 Å². The third-order valence-corrected chi connectivity index (χ3v) is 2.27. The number of methoxy groups -OCH3 is 2. The van der Waals surface area contributed by atoms with Crippen molar-refractivity contribution >= 4 is 11.9 Å². The van der Waals surface area contributed by atoms with E-state index in [2.05, 4.69) is 15.4 Å². The van der Waals surface area contributed by atoms with Crippen LogP contribution in [0.1, 0.15) is 20.3 Å². The van der Waals surface area contributed by atoms with Gasteiger partial charge in [0.2, 0.25) is 5.91 Å². The van der Waals surface area contributed by atoms with Crippen LogP contribution in [0.3, 0.4) is 0 Å². The number of esters is 1. The summed E-state index contributed by atoms with van der Waals surface area (Å²) in [5.41, 5.74) is 0. The summed E-state index contributed by atoms with van der Waals surface area (Å²) in [6.07, 6.45) is 0.765. The molecule has 0 saturated heterocycles. The van der Waals surface area contributed by atoms with Crippen LogP contribution in [0.15, 0.2) is 0 Å². The molecule has 0 aliphatic rings. The summed E-state index contributed by atoms with van der Waals surface area (Å²) >= 11 is 0. The average molecular weight is 246 g/mol. The number of amides is 1. The molecular formula is C11H22N2O4. The van der Waals surface area contributed by atoms with Crippen molar-refractivity contribution in [2.24, 2.45) is 0 Å². The van der Waals surface area contributed by atoms with Crippen molar-refractivity contribution in [3.05, 3.63) is 0 Å². The minimum atomic E-state index is -0.500. The molecule has 0 heterocycles. The number of hydrogen-bond acceptors (Lipinski definition) is 5. The van der Waals surface area contributed by atoms with E-state index in [1.807, 2.05) is 0 Å². The zero-order chi connectivity index (χ0) is 13.3. The molecule has 0 aromatic rings. The zero-order valence-electron chi connectivity index (χ0n) is 10.9. The summed E-state index contributed by atoms with van der Waals surface area (Å²) in [6, 6.07) is -0.939. The Morgan fingerprint density at radius 2 is 1.82 bits per heavy atom. The van der Waals surface area contributed by atoms with Gasteiger partial charge in [-0.1, -0.05) is 0 Å². The SMILES string of the molecule is COCCCNC(=O)C(C)NC(C)C(=O)OC. The van der Waals surface area contributed by atoms with Gasteiger partial charge in [-0.3, -0.25) is 14.9 Å². The highest BCUT2D eigenvalue weighted by Gasteiger charge is 2.19. The summed E-state index contributed by atoms with van der Waals surface area (Å²) in [5, 5.41) is 5.60. The molecule has 0 rings (SSSR count). The minimum Gasteiger partial charge on any atom is -0.468 e. The Labute approximate surface area is 102 Å². The molecule has 6 heteroatoms. The molecule has 0 saturated carbocycles. The standard InChI is InChI=1S/C11H22N2O4/c1-8(13-9(2)11(15)17-4)10(14)12-6-5-7-16-3/h8-9,13H,5-7H2,1-4H3,(H,12,14). The molecule has 0 fully saturated rings. The largest absolute Gasteiger partial charge is 0.468 e. The van der Waals surface area contributed by atoms with E-state index in [1.54, 1.807) is 21.0 Å². The molecule has 17 heavy (non-hydrogen) atoms. The lowest BCUT2D eigenvalue weighted by Gasteiger charge is -2.17. The molecule has 0 spiro atoms. The van der Waals surface area contributed by atoms with Crippen LogP contribution in [0.25, 0.3) is 0 Å². The fourth-order valence-electron chi connectivity index (χ4n) is 1.28. The predicted octanol–water partition coefficient (Wildman–Crippen LogP) is -0.321. The number of hydrogen-bond donors (Lipinski definition) is 2. The van der Waals surface area contributed by atoms with Gasteiger partial charge in [0.1, 0.15) is 6.04 Å². The summed E-state index contributed by atoms with van der Waals surface area (Å²) in [4.78, 5) is 22.7. The summed E-state index contributed by atoms with van der Waals surface area (Å²) in [6.45, 7) is 4.53. The van der Waals surface area contributed by atoms with Crippen LogP contribution in [0, 0.1) is 0 Å². The second-order valence-electron chi connectivity index (χ2n) is 3.77. The van der Waals surface area contributed by atoms with Crippen molar-refractivity contribution in [1.29, 1.82) is 0 Å². The molecule has 0 aliphatic heterocycles. The van der Waals surface area contributed by atoms with Gasteiger partial charge in [-0.05, 0) is 20.3 Å². The van der Waals surface area contributed by atoms with Crippen LogP contribution >= 0.6 is 0 Å². The molecule has 2 atom stereocenters. The highest BCUT2D eigenvalue weighted by molar-refractivity contribution is 5.82. The van der Waals surface area contributed by atoms with Gasteiger partial charge >= 0.3 is 5.97 Å². The topological polar surface area (TPSA) is 76.7 Å². The van der Waals surface area contributed by atoms with E-state index in [0.29, 0.717) is 13.2 Å². The molecule has 1 amide bonds. The van der Waals surface area contributed by atoms with Crippen molar-refractivity contribution in [3.63, 3.8) is 0 Å². The number of nitrogens with one attached hydrogen (secondary N) is 2. The molecule has 0 aromatic carbocycles. The highest BCUT2D eigenvalue weighted by atomic mass is 16.5. The fraction of sp³-hybridized carbons (Fsp3) is 0.818. The van der Waals surface area contributed by atoms with Crippen molar-refractivity contribution in [2.75, 3.05) is 27.4 Å². The van der Waals surface area contributed by atoms with Crippen molar-refractivity contribution in [3.8, 4) is 0 Å². The first-order valence-corrected chi connectivity index (χ1v) is 5.63. The first-order chi connectivity index (χ1) is 8.02. The Kier molecular flexibility index (Phi) is 8.35. The van der Waals surface area contributed by atoms with Crippen LogP contribution in [-0.4, -0.2) is 51.3 Å². The van der Waals surface area contributed by atoms with Crippen LogP contribution in [-0.2, 0) is 19.1 Å². The van der Waals surface area contributed by atoms with Crippen LogP contribution < -0.4 is 10.6 Å². The summed E-state index contributed by atoms with van der Waals surface area (Å²) < 4.78 is 9.42. The second-order valence-corrected chi connectivity index (χ2v) is 3.77. The van der Waals surface area contributed by atoms with Gasteiger partial charge < -0.3 is 14.8 Å². The molecule has 0 aliphatic carbocycles. The van der Waals surface area contributed by atoms with E-state index in [4.69, 9.17) is 4.74 Å². The highest BCUT2D eigenvalue weighted by Crippen LogP contribution is 1.91. The number of ether oxygens (including phenoxy) is 2. The molecule has 6 nitrogen and oxygen atoms in total. The maximum atomic E-state index is 11.6. The van der Waals surface area contributed by atoms with Gasteiger partial charge in [-0.15, -0.1) is 0 Å². The Morgan fingerprint density at radius 3 is 2.35 bits per heavy atom. The molecular weight excluding hydrogens is 224 g/mol. The lowest BCUT2D eigenvalue weighted by molar-refractivity contribution is -0.143. The molecule has 0 radical (unpaired) electrons. The number of carbonyl (C=O) groups is 2. The number of rotatable bonds is 8. The van der Waals surface area contributed by atoms with E-state index in [0.717, 1.165) is 6.42 Å². The van der Waals surface area contributed by atoms with Gasteiger partial charge in [0.05, 0.1) is 13.2 Å². The Bertz CT molecular complexity index is 246. The molecule has 0 bridgehead atoms. The van der Waals surface area contributed by atoms with E-state index >= 15 is 0 Å². The Morgan fingerprint density at radius 1 is 1.18 bits per heavy atom. The maximum Gasteiger partial charge on any atom is 0.322 e. The van der Waals surface area contributed by atoms with E-state index in [-0.39, 0.29) is 11.9 Å². The normalized spacial score (nSPS) is 13.9. The van der Waals surface area contributed by atoms with Crippen molar-refractivity contribution < 1.29 is 19.1 Å².